The topological polar surface area (TPSA) is 17.1 Å². The highest BCUT2D eigenvalue weighted by atomic mass is 32.2. The summed E-state index contributed by atoms with van der Waals surface area (Å²) >= 11 is 0. The smallest absolute Gasteiger partial charge is 0.0526 e. The maximum atomic E-state index is 11.2. The minimum Gasteiger partial charge on any atom is -0.254 e. The summed E-state index contributed by atoms with van der Waals surface area (Å²) < 4.78 is 11.2. The fraction of sp³-hybridized carbons (Fsp3) is 0.333. The highest BCUT2D eigenvalue weighted by Gasteiger charge is 1.97. The Balaban J connectivity index is 2.90. The summed E-state index contributed by atoms with van der Waals surface area (Å²) in [7, 11) is -0.799. The van der Waals surface area contributed by atoms with Gasteiger partial charge in [-0.05, 0) is 19.1 Å². The van der Waals surface area contributed by atoms with Crippen molar-refractivity contribution in [2.75, 3.05) is 5.75 Å². The molecule has 0 spiro atoms. The zero-order chi connectivity index (χ0) is 8.27. The number of aryl methyl sites for hydroxylation is 1. The first-order valence-corrected chi connectivity index (χ1v) is 5.01. The van der Waals surface area contributed by atoms with E-state index in [1.54, 1.807) is 0 Å². The number of rotatable bonds is 2. The average molecular weight is 168 g/mol. The van der Waals surface area contributed by atoms with E-state index in [9.17, 15) is 4.21 Å². The minimum atomic E-state index is -0.799. The van der Waals surface area contributed by atoms with Gasteiger partial charge in [-0.15, -0.1) is 0 Å². The Bertz CT molecular complexity index is 251. The quantitative estimate of drug-likeness (QED) is 0.661. The Hall–Kier alpha value is -0.630. The van der Waals surface area contributed by atoms with E-state index in [0.717, 1.165) is 4.90 Å². The van der Waals surface area contributed by atoms with Crippen LogP contribution in [0.2, 0.25) is 0 Å². The van der Waals surface area contributed by atoms with Gasteiger partial charge in [0, 0.05) is 10.6 Å². The average Bonchev–Trinajstić information content (AvgIpc) is 2.05. The molecule has 1 nitrogen and oxygen atoms in total. The van der Waals surface area contributed by atoms with Crippen molar-refractivity contribution in [3.63, 3.8) is 0 Å². The van der Waals surface area contributed by atoms with E-state index < -0.39 is 10.8 Å². The van der Waals surface area contributed by atoms with Crippen LogP contribution in [-0.2, 0) is 10.8 Å². The first-order valence-electron chi connectivity index (χ1n) is 3.69. The van der Waals surface area contributed by atoms with Crippen LogP contribution in [0, 0.1) is 6.92 Å². The fourth-order valence-electron chi connectivity index (χ4n) is 0.857. The molecule has 0 aliphatic rings. The SMILES string of the molecule is CC[S@](=O)c1ccc(C)cc1. The van der Waals surface area contributed by atoms with Crippen LogP contribution in [0.5, 0.6) is 0 Å². The lowest BCUT2D eigenvalue weighted by Crippen LogP contribution is -1.92. The largest absolute Gasteiger partial charge is 0.254 e. The van der Waals surface area contributed by atoms with Crippen molar-refractivity contribution in [1.82, 2.24) is 0 Å². The molecule has 0 N–H and O–H groups in total. The third-order valence-electron chi connectivity index (χ3n) is 1.55. The molecule has 1 rings (SSSR count). The molecule has 1 aromatic carbocycles. The van der Waals surface area contributed by atoms with E-state index in [1.165, 1.54) is 5.56 Å². The van der Waals surface area contributed by atoms with E-state index in [4.69, 9.17) is 0 Å². The second-order valence-electron chi connectivity index (χ2n) is 2.45. The van der Waals surface area contributed by atoms with Crippen LogP contribution in [0.3, 0.4) is 0 Å². The molecule has 0 radical (unpaired) electrons. The highest BCUT2D eigenvalue weighted by Crippen LogP contribution is 2.07. The van der Waals surface area contributed by atoms with Crippen molar-refractivity contribution in [2.24, 2.45) is 0 Å². The molecule has 0 aliphatic heterocycles. The zero-order valence-corrected chi connectivity index (χ0v) is 7.65. The summed E-state index contributed by atoms with van der Waals surface area (Å²) in [6.45, 7) is 3.95. The zero-order valence-electron chi connectivity index (χ0n) is 6.83. The Morgan fingerprint density at radius 2 is 1.82 bits per heavy atom. The lowest BCUT2D eigenvalue weighted by molar-refractivity contribution is 0.684. The van der Waals surface area contributed by atoms with Crippen molar-refractivity contribution >= 4 is 10.8 Å². The molecule has 0 fully saturated rings. The number of hydrogen-bond donors (Lipinski definition) is 0. The van der Waals surface area contributed by atoms with Gasteiger partial charge in [-0.3, -0.25) is 4.21 Å². The van der Waals surface area contributed by atoms with E-state index in [-0.39, 0.29) is 0 Å². The molecule has 0 bridgehead atoms. The monoisotopic (exact) mass is 168 g/mol. The van der Waals surface area contributed by atoms with E-state index >= 15 is 0 Å². The van der Waals surface area contributed by atoms with Gasteiger partial charge >= 0.3 is 0 Å². The highest BCUT2D eigenvalue weighted by molar-refractivity contribution is 7.85. The van der Waals surface area contributed by atoms with Crippen LogP contribution in [0.4, 0.5) is 0 Å². The van der Waals surface area contributed by atoms with E-state index in [0.29, 0.717) is 5.75 Å². The Morgan fingerprint density at radius 1 is 1.27 bits per heavy atom. The van der Waals surface area contributed by atoms with Gasteiger partial charge in [0.05, 0.1) is 10.8 Å². The van der Waals surface area contributed by atoms with Crippen molar-refractivity contribution in [3.8, 4) is 0 Å². The van der Waals surface area contributed by atoms with Crippen molar-refractivity contribution in [1.29, 1.82) is 0 Å². The molecule has 2 heteroatoms. The maximum Gasteiger partial charge on any atom is 0.0526 e. The molecule has 0 saturated carbocycles. The van der Waals surface area contributed by atoms with Gasteiger partial charge in [-0.25, -0.2) is 0 Å². The molecule has 0 unspecified atom stereocenters. The molecule has 0 heterocycles. The van der Waals surface area contributed by atoms with Gasteiger partial charge in [0.2, 0.25) is 0 Å². The predicted molar refractivity (Wildman–Crippen MR) is 48.1 cm³/mol. The van der Waals surface area contributed by atoms with Gasteiger partial charge in [0.1, 0.15) is 0 Å². The normalized spacial score (nSPS) is 12.9. The first-order chi connectivity index (χ1) is 5.24. The summed E-state index contributed by atoms with van der Waals surface area (Å²) in [6, 6.07) is 7.83. The fourth-order valence-corrected chi connectivity index (χ4v) is 1.63. The van der Waals surface area contributed by atoms with Crippen LogP contribution in [0.25, 0.3) is 0 Å². The first kappa shape index (κ1) is 8.47. The van der Waals surface area contributed by atoms with Crippen molar-refractivity contribution in [2.45, 2.75) is 18.7 Å². The van der Waals surface area contributed by atoms with Crippen molar-refractivity contribution < 1.29 is 4.21 Å². The number of benzene rings is 1. The summed E-state index contributed by atoms with van der Waals surface area (Å²) in [5.41, 5.74) is 1.21. The molecule has 0 amide bonds. The Morgan fingerprint density at radius 3 is 2.27 bits per heavy atom. The number of hydrogen-bond acceptors (Lipinski definition) is 1. The molecule has 60 valence electrons. The van der Waals surface area contributed by atoms with Gasteiger partial charge in [0.25, 0.3) is 0 Å². The van der Waals surface area contributed by atoms with Gasteiger partial charge < -0.3 is 0 Å². The van der Waals surface area contributed by atoms with Gasteiger partial charge in [-0.1, -0.05) is 24.6 Å². The standard InChI is InChI=1S/C9H12OS/c1-3-11(10)9-6-4-8(2)5-7-9/h4-7H,3H2,1-2H3/t11-/m0/s1. The summed E-state index contributed by atoms with van der Waals surface area (Å²) in [4.78, 5) is 0.929. The molecular weight excluding hydrogens is 156 g/mol. The molecule has 1 aromatic rings. The van der Waals surface area contributed by atoms with Crippen LogP contribution in [-0.4, -0.2) is 9.96 Å². The minimum absolute atomic E-state index is 0.697. The Labute approximate surface area is 69.9 Å². The third kappa shape index (κ3) is 2.15. The molecule has 0 aromatic heterocycles. The molecule has 11 heavy (non-hydrogen) atoms. The second-order valence-corrected chi connectivity index (χ2v) is 4.19. The van der Waals surface area contributed by atoms with Crippen molar-refractivity contribution in [3.05, 3.63) is 29.8 Å². The van der Waals surface area contributed by atoms with Crippen LogP contribution < -0.4 is 0 Å². The van der Waals surface area contributed by atoms with Gasteiger partial charge in [0.15, 0.2) is 0 Å². The predicted octanol–water partition coefficient (Wildman–Crippen LogP) is 2.12. The van der Waals surface area contributed by atoms with Crippen LogP contribution in [0.1, 0.15) is 12.5 Å². The maximum absolute atomic E-state index is 11.2. The van der Waals surface area contributed by atoms with Gasteiger partial charge in [-0.2, -0.15) is 0 Å². The van der Waals surface area contributed by atoms with Crippen LogP contribution in [0.15, 0.2) is 29.2 Å². The van der Waals surface area contributed by atoms with E-state index in [2.05, 4.69) is 0 Å². The summed E-state index contributed by atoms with van der Waals surface area (Å²) in [6.07, 6.45) is 0. The second kappa shape index (κ2) is 3.67. The summed E-state index contributed by atoms with van der Waals surface area (Å²) in [5.74, 6) is 0.697. The molecule has 0 aliphatic carbocycles. The molecule has 0 saturated heterocycles. The summed E-state index contributed by atoms with van der Waals surface area (Å²) in [5, 5.41) is 0. The molecular formula is C9H12OS. The lowest BCUT2D eigenvalue weighted by atomic mass is 10.2. The Kier molecular flexibility index (Phi) is 2.83. The third-order valence-corrected chi connectivity index (χ3v) is 2.87. The van der Waals surface area contributed by atoms with E-state index in [1.807, 2.05) is 38.1 Å². The van der Waals surface area contributed by atoms with Crippen LogP contribution >= 0.6 is 0 Å². The molecule has 1 atom stereocenters. The lowest BCUT2D eigenvalue weighted by Gasteiger charge is -1.97.